The van der Waals surface area contributed by atoms with Crippen molar-refractivity contribution in [3.05, 3.63) is 29.8 Å². The van der Waals surface area contributed by atoms with Crippen LogP contribution in [0.2, 0.25) is 0 Å². The van der Waals surface area contributed by atoms with Crippen molar-refractivity contribution in [3.8, 4) is 0 Å². The van der Waals surface area contributed by atoms with Crippen molar-refractivity contribution in [2.24, 2.45) is 0 Å². The van der Waals surface area contributed by atoms with E-state index < -0.39 is 6.10 Å². The molecule has 0 radical (unpaired) electrons. The van der Waals surface area contributed by atoms with E-state index in [1.54, 1.807) is 14.0 Å². The molecule has 1 aromatic carbocycles. The predicted molar refractivity (Wildman–Crippen MR) is 76.1 cm³/mol. The highest BCUT2D eigenvalue weighted by Gasteiger charge is 2.28. The highest BCUT2D eigenvalue weighted by molar-refractivity contribution is 5.85. The number of carbonyl (C=O) groups excluding carboxylic acids is 1. The van der Waals surface area contributed by atoms with Crippen LogP contribution in [0.3, 0.4) is 0 Å². The second kappa shape index (κ2) is 6.06. The number of carbonyl (C=O) groups is 1. The van der Waals surface area contributed by atoms with Gasteiger partial charge in [-0.1, -0.05) is 12.1 Å². The van der Waals surface area contributed by atoms with E-state index in [-0.39, 0.29) is 11.9 Å². The molecule has 4 nitrogen and oxygen atoms in total. The highest BCUT2D eigenvalue weighted by Crippen LogP contribution is 2.26. The van der Waals surface area contributed by atoms with E-state index in [0.29, 0.717) is 0 Å². The average Bonchev–Trinajstić information content (AvgIpc) is 2.46. The first kappa shape index (κ1) is 13.9. The van der Waals surface area contributed by atoms with Crippen molar-refractivity contribution in [2.45, 2.75) is 38.3 Å². The van der Waals surface area contributed by atoms with Crippen molar-refractivity contribution in [3.63, 3.8) is 0 Å². The van der Waals surface area contributed by atoms with E-state index in [2.05, 4.69) is 10.2 Å². The number of benzene rings is 1. The summed E-state index contributed by atoms with van der Waals surface area (Å²) in [5.74, 6) is 0.0827. The lowest BCUT2D eigenvalue weighted by Gasteiger charge is -2.36. The molecule has 1 aliphatic rings. The molecule has 0 aromatic heterocycles. The van der Waals surface area contributed by atoms with Crippen molar-refractivity contribution in [1.29, 1.82) is 0 Å². The van der Waals surface area contributed by atoms with E-state index in [1.807, 2.05) is 24.3 Å². The monoisotopic (exact) mass is 262 g/mol. The molecular weight excluding hydrogens is 240 g/mol. The molecule has 4 heteroatoms. The summed E-state index contributed by atoms with van der Waals surface area (Å²) in [6, 6.07) is 7.76. The molecule has 2 atom stereocenters. The van der Waals surface area contributed by atoms with Gasteiger partial charge in [0.05, 0.1) is 6.10 Å². The zero-order valence-electron chi connectivity index (χ0n) is 11.6. The molecular formula is C15H22N2O2. The van der Waals surface area contributed by atoms with Gasteiger partial charge < -0.3 is 15.3 Å². The maximum atomic E-state index is 11.9. The molecule has 1 aliphatic heterocycles. The smallest absolute Gasteiger partial charge is 0.242 e. The minimum Gasteiger partial charge on any atom is -0.389 e. The number of hydrogen-bond acceptors (Lipinski definition) is 3. The van der Waals surface area contributed by atoms with Crippen LogP contribution in [-0.4, -0.2) is 30.6 Å². The summed E-state index contributed by atoms with van der Waals surface area (Å²) in [4.78, 5) is 14.1. The van der Waals surface area contributed by atoms with Gasteiger partial charge in [-0.25, -0.2) is 0 Å². The summed E-state index contributed by atoms with van der Waals surface area (Å²) in [6.45, 7) is 2.66. The van der Waals surface area contributed by atoms with Gasteiger partial charge >= 0.3 is 0 Å². The average molecular weight is 262 g/mol. The van der Waals surface area contributed by atoms with Crippen molar-refractivity contribution < 1.29 is 9.90 Å². The molecule has 2 rings (SSSR count). The first-order chi connectivity index (χ1) is 9.13. The summed E-state index contributed by atoms with van der Waals surface area (Å²) in [7, 11) is 1.69. The third kappa shape index (κ3) is 3.07. The molecule has 19 heavy (non-hydrogen) atoms. The highest BCUT2D eigenvalue weighted by atomic mass is 16.3. The molecule has 0 saturated carbocycles. The molecule has 104 valence electrons. The van der Waals surface area contributed by atoms with Gasteiger partial charge in [0, 0.05) is 19.3 Å². The largest absolute Gasteiger partial charge is 0.389 e. The Morgan fingerprint density at radius 1 is 1.37 bits per heavy atom. The number of hydrogen-bond donors (Lipinski definition) is 2. The standard InChI is InChI=1S/C15H22N2O2/c1-11(18)12-6-8-13(9-7-12)17-10-4-3-5-14(17)15(19)16-2/h6-9,11,14,18H,3-5,10H2,1-2H3,(H,16,19)/t11-,14?/m0/s1. The number of anilines is 1. The lowest BCUT2D eigenvalue weighted by atomic mass is 10.00. The maximum absolute atomic E-state index is 11.9. The number of aliphatic hydroxyl groups excluding tert-OH is 1. The van der Waals surface area contributed by atoms with Crippen molar-refractivity contribution in [2.75, 3.05) is 18.5 Å². The van der Waals surface area contributed by atoms with Crippen LogP contribution in [-0.2, 0) is 4.79 Å². The predicted octanol–water partition coefficient (Wildman–Crippen LogP) is 1.84. The summed E-state index contributed by atoms with van der Waals surface area (Å²) >= 11 is 0. The molecule has 1 amide bonds. The fraction of sp³-hybridized carbons (Fsp3) is 0.533. The van der Waals surface area contributed by atoms with Crippen LogP contribution in [0.4, 0.5) is 5.69 Å². The zero-order chi connectivity index (χ0) is 13.8. The number of rotatable bonds is 3. The van der Waals surface area contributed by atoms with Gasteiger partial charge in [0.1, 0.15) is 6.04 Å². The Morgan fingerprint density at radius 3 is 2.63 bits per heavy atom. The van der Waals surface area contributed by atoms with Gasteiger partial charge in [-0.05, 0) is 43.9 Å². The van der Waals surface area contributed by atoms with Crippen LogP contribution in [0.5, 0.6) is 0 Å². The van der Waals surface area contributed by atoms with Crippen LogP contribution in [0.25, 0.3) is 0 Å². The van der Waals surface area contributed by atoms with Crippen LogP contribution >= 0.6 is 0 Å². The van der Waals surface area contributed by atoms with Gasteiger partial charge in [-0.15, -0.1) is 0 Å². The Morgan fingerprint density at radius 2 is 2.05 bits per heavy atom. The quantitative estimate of drug-likeness (QED) is 0.874. The fourth-order valence-electron chi connectivity index (χ4n) is 2.62. The Labute approximate surface area is 114 Å². The molecule has 1 heterocycles. The minimum atomic E-state index is -0.454. The van der Waals surface area contributed by atoms with Gasteiger partial charge in [-0.3, -0.25) is 4.79 Å². The summed E-state index contributed by atoms with van der Waals surface area (Å²) in [5.41, 5.74) is 1.95. The maximum Gasteiger partial charge on any atom is 0.242 e. The lowest BCUT2D eigenvalue weighted by molar-refractivity contribution is -0.122. The molecule has 0 spiro atoms. The van der Waals surface area contributed by atoms with E-state index in [4.69, 9.17) is 0 Å². The van der Waals surface area contributed by atoms with Gasteiger partial charge in [0.25, 0.3) is 0 Å². The van der Waals surface area contributed by atoms with E-state index in [0.717, 1.165) is 37.1 Å². The minimum absolute atomic E-state index is 0.0730. The Kier molecular flexibility index (Phi) is 4.43. The molecule has 0 aliphatic carbocycles. The molecule has 1 saturated heterocycles. The van der Waals surface area contributed by atoms with Crippen LogP contribution in [0, 0.1) is 0 Å². The van der Waals surface area contributed by atoms with Crippen LogP contribution < -0.4 is 10.2 Å². The number of likely N-dealkylation sites (N-methyl/N-ethyl adjacent to an activating group) is 1. The summed E-state index contributed by atoms with van der Waals surface area (Å²) < 4.78 is 0. The third-order valence-electron chi connectivity index (χ3n) is 3.76. The topological polar surface area (TPSA) is 52.6 Å². The number of aliphatic hydroxyl groups is 1. The molecule has 1 aromatic rings. The van der Waals surface area contributed by atoms with Crippen molar-refractivity contribution in [1.82, 2.24) is 5.32 Å². The van der Waals surface area contributed by atoms with E-state index in [9.17, 15) is 9.90 Å². The normalized spacial score (nSPS) is 21.0. The Bertz CT molecular complexity index is 428. The second-order valence-corrected chi connectivity index (χ2v) is 5.09. The van der Waals surface area contributed by atoms with Gasteiger partial charge in [0.2, 0.25) is 5.91 Å². The molecule has 2 N–H and O–H groups in total. The summed E-state index contributed by atoms with van der Waals surface area (Å²) in [5, 5.41) is 12.3. The van der Waals surface area contributed by atoms with E-state index >= 15 is 0 Å². The fourth-order valence-corrected chi connectivity index (χ4v) is 2.62. The summed E-state index contributed by atoms with van der Waals surface area (Å²) in [6.07, 6.45) is 2.66. The Hall–Kier alpha value is -1.55. The van der Waals surface area contributed by atoms with Gasteiger partial charge in [-0.2, -0.15) is 0 Å². The number of nitrogens with one attached hydrogen (secondary N) is 1. The number of nitrogens with zero attached hydrogens (tertiary/aromatic N) is 1. The molecule has 0 bridgehead atoms. The van der Waals surface area contributed by atoms with Crippen LogP contribution in [0.1, 0.15) is 37.9 Å². The second-order valence-electron chi connectivity index (χ2n) is 5.09. The zero-order valence-corrected chi connectivity index (χ0v) is 11.6. The van der Waals surface area contributed by atoms with E-state index in [1.165, 1.54) is 0 Å². The number of piperidine rings is 1. The first-order valence-corrected chi connectivity index (χ1v) is 6.89. The SMILES string of the molecule is CNC(=O)C1CCCCN1c1ccc([C@H](C)O)cc1. The first-order valence-electron chi connectivity index (χ1n) is 6.89. The lowest BCUT2D eigenvalue weighted by Crippen LogP contribution is -2.48. The third-order valence-corrected chi connectivity index (χ3v) is 3.76. The van der Waals surface area contributed by atoms with Gasteiger partial charge in [0.15, 0.2) is 0 Å². The van der Waals surface area contributed by atoms with Crippen molar-refractivity contribution >= 4 is 11.6 Å². The van der Waals surface area contributed by atoms with Crippen LogP contribution in [0.15, 0.2) is 24.3 Å². The molecule has 1 unspecified atom stereocenters. The molecule has 1 fully saturated rings. The number of amides is 1. The Balaban J connectivity index is 2.19.